The van der Waals surface area contributed by atoms with Crippen LogP contribution >= 0.6 is 0 Å². The number of nitrogens with two attached hydrogens (primary N) is 1. The van der Waals surface area contributed by atoms with Crippen molar-refractivity contribution in [2.24, 2.45) is 17.6 Å². The highest BCUT2D eigenvalue weighted by atomic mass is 16.4. The van der Waals surface area contributed by atoms with Crippen LogP contribution in [0.5, 0.6) is 0 Å². The highest BCUT2D eigenvalue weighted by Gasteiger charge is 2.35. The molecule has 3 atom stereocenters. The highest BCUT2D eigenvalue weighted by molar-refractivity contribution is 5.80. The number of carboxylic acid groups (broad SMARTS) is 1. The number of hydrogen-bond donors (Lipinski definition) is 3. The van der Waals surface area contributed by atoms with Crippen molar-refractivity contribution in [1.29, 1.82) is 5.26 Å². The van der Waals surface area contributed by atoms with Gasteiger partial charge in [-0.1, -0.05) is 12.8 Å². The Hall–Kier alpha value is -1.61. The predicted octanol–water partition coefficient (Wildman–Crippen LogP) is 1.01. The van der Waals surface area contributed by atoms with E-state index in [2.05, 4.69) is 11.4 Å². The van der Waals surface area contributed by atoms with E-state index in [0.717, 1.165) is 45.4 Å². The van der Waals surface area contributed by atoms with Crippen LogP contribution in [0.2, 0.25) is 0 Å². The maximum Gasteiger partial charge on any atom is 0.300 e. The van der Waals surface area contributed by atoms with E-state index in [1.807, 2.05) is 0 Å². The molecule has 6 heteroatoms. The third kappa shape index (κ3) is 5.57. The molecule has 0 radical (unpaired) electrons. The topological polar surface area (TPSA) is 116 Å². The molecule has 3 unspecified atom stereocenters. The van der Waals surface area contributed by atoms with Crippen molar-refractivity contribution in [2.75, 3.05) is 0 Å². The first-order valence-corrected chi connectivity index (χ1v) is 7.10. The zero-order chi connectivity index (χ0) is 15.1. The smallest absolute Gasteiger partial charge is 0.300 e. The minimum atomic E-state index is -0.833. The summed E-state index contributed by atoms with van der Waals surface area (Å²) in [4.78, 5) is 21.0. The molecular weight excluding hydrogens is 258 g/mol. The van der Waals surface area contributed by atoms with Crippen LogP contribution in [0.4, 0.5) is 0 Å². The molecule has 0 aromatic rings. The van der Waals surface area contributed by atoms with Gasteiger partial charge in [-0.2, -0.15) is 5.26 Å². The molecule has 0 aromatic heterocycles. The van der Waals surface area contributed by atoms with Gasteiger partial charge >= 0.3 is 0 Å². The number of nitriles is 1. The quantitative estimate of drug-likeness (QED) is 0.714. The van der Waals surface area contributed by atoms with Gasteiger partial charge in [0.25, 0.3) is 5.97 Å². The van der Waals surface area contributed by atoms with Crippen LogP contribution in [0, 0.1) is 23.2 Å². The minimum absolute atomic E-state index is 0.00866. The molecule has 2 saturated carbocycles. The van der Waals surface area contributed by atoms with Gasteiger partial charge in [-0.25, -0.2) is 0 Å². The summed E-state index contributed by atoms with van der Waals surface area (Å²) in [5, 5.41) is 19.2. The Labute approximate surface area is 119 Å². The molecule has 20 heavy (non-hydrogen) atoms. The molecule has 2 aliphatic rings. The summed E-state index contributed by atoms with van der Waals surface area (Å²) >= 11 is 0. The molecule has 0 heterocycles. The van der Waals surface area contributed by atoms with Crippen molar-refractivity contribution in [3.63, 3.8) is 0 Å². The number of carboxylic acids is 1. The van der Waals surface area contributed by atoms with Crippen molar-refractivity contribution in [3.8, 4) is 6.07 Å². The zero-order valence-corrected chi connectivity index (χ0v) is 11.8. The first kappa shape index (κ1) is 16.4. The Bertz CT molecular complexity index is 384. The second-order valence-corrected chi connectivity index (χ2v) is 5.53. The first-order valence-electron chi connectivity index (χ1n) is 7.10. The Balaban J connectivity index is 0.000000444. The normalized spacial score (nSPS) is 26.4. The van der Waals surface area contributed by atoms with E-state index in [1.165, 1.54) is 0 Å². The molecule has 2 aliphatic carbocycles. The van der Waals surface area contributed by atoms with Crippen molar-refractivity contribution < 1.29 is 14.7 Å². The number of carbonyl (C=O) groups is 2. The van der Waals surface area contributed by atoms with E-state index in [1.54, 1.807) is 0 Å². The number of nitrogens with one attached hydrogen (secondary N) is 1. The lowest BCUT2D eigenvalue weighted by Gasteiger charge is -2.28. The van der Waals surface area contributed by atoms with E-state index < -0.39 is 5.97 Å². The summed E-state index contributed by atoms with van der Waals surface area (Å²) < 4.78 is 0. The van der Waals surface area contributed by atoms with Crippen molar-refractivity contribution in [2.45, 2.75) is 57.5 Å². The van der Waals surface area contributed by atoms with Gasteiger partial charge in [-0.3, -0.25) is 9.59 Å². The Morgan fingerprint density at radius 3 is 2.30 bits per heavy atom. The molecule has 0 bridgehead atoms. The Morgan fingerprint density at radius 2 is 1.85 bits per heavy atom. The first-order chi connectivity index (χ1) is 9.45. The van der Waals surface area contributed by atoms with E-state index in [-0.39, 0.29) is 23.9 Å². The van der Waals surface area contributed by atoms with Crippen molar-refractivity contribution >= 4 is 11.9 Å². The van der Waals surface area contributed by atoms with Gasteiger partial charge in [0.15, 0.2) is 0 Å². The number of carbonyl (C=O) groups excluding carboxylic acids is 1. The molecule has 2 rings (SSSR count). The maximum absolute atomic E-state index is 12.0. The lowest BCUT2D eigenvalue weighted by molar-refractivity contribution is -0.134. The SMILES string of the molecule is CC(=O)O.N#CC(NC(=O)C1CCCCC1N)C1CC1. The monoisotopic (exact) mass is 281 g/mol. The van der Waals surface area contributed by atoms with Crippen LogP contribution in [0.15, 0.2) is 0 Å². The minimum Gasteiger partial charge on any atom is -0.481 e. The van der Waals surface area contributed by atoms with E-state index in [9.17, 15) is 4.79 Å². The molecule has 0 aliphatic heterocycles. The fourth-order valence-electron chi connectivity index (χ4n) is 2.43. The van der Waals surface area contributed by atoms with Crippen LogP contribution < -0.4 is 11.1 Å². The van der Waals surface area contributed by atoms with Crippen LogP contribution in [0.1, 0.15) is 45.4 Å². The van der Waals surface area contributed by atoms with Crippen LogP contribution in [0.25, 0.3) is 0 Å². The molecule has 6 nitrogen and oxygen atoms in total. The average Bonchev–Trinajstić information content (AvgIpc) is 3.19. The second-order valence-electron chi connectivity index (χ2n) is 5.53. The fraction of sp³-hybridized carbons (Fsp3) is 0.786. The van der Waals surface area contributed by atoms with Gasteiger partial charge in [-0.15, -0.1) is 0 Å². The summed E-state index contributed by atoms with van der Waals surface area (Å²) in [5.41, 5.74) is 5.95. The predicted molar refractivity (Wildman–Crippen MR) is 73.5 cm³/mol. The maximum atomic E-state index is 12.0. The van der Waals surface area contributed by atoms with Gasteiger partial charge in [0.05, 0.1) is 12.0 Å². The summed E-state index contributed by atoms with van der Waals surface area (Å²) in [5.74, 6) is -0.539. The highest BCUT2D eigenvalue weighted by Crippen LogP contribution is 2.33. The zero-order valence-electron chi connectivity index (χ0n) is 11.8. The van der Waals surface area contributed by atoms with Crippen LogP contribution in [-0.2, 0) is 9.59 Å². The van der Waals surface area contributed by atoms with Gasteiger partial charge in [0, 0.05) is 13.0 Å². The largest absolute Gasteiger partial charge is 0.481 e. The van der Waals surface area contributed by atoms with Crippen molar-refractivity contribution in [1.82, 2.24) is 5.32 Å². The van der Waals surface area contributed by atoms with Gasteiger partial charge in [0.2, 0.25) is 5.91 Å². The van der Waals surface area contributed by atoms with Gasteiger partial charge < -0.3 is 16.2 Å². The van der Waals surface area contributed by atoms with E-state index in [4.69, 9.17) is 20.9 Å². The molecule has 0 saturated heterocycles. The van der Waals surface area contributed by atoms with Crippen molar-refractivity contribution in [3.05, 3.63) is 0 Å². The third-order valence-corrected chi connectivity index (χ3v) is 3.69. The number of aliphatic carboxylic acids is 1. The fourth-order valence-corrected chi connectivity index (χ4v) is 2.43. The number of amides is 1. The lowest BCUT2D eigenvalue weighted by atomic mass is 9.84. The summed E-state index contributed by atoms with van der Waals surface area (Å²) in [7, 11) is 0. The summed E-state index contributed by atoms with van der Waals surface area (Å²) in [6.45, 7) is 1.08. The van der Waals surface area contributed by atoms with Gasteiger partial charge in [-0.05, 0) is 31.6 Å². The van der Waals surface area contributed by atoms with Crippen LogP contribution in [0.3, 0.4) is 0 Å². The van der Waals surface area contributed by atoms with Gasteiger partial charge in [0.1, 0.15) is 6.04 Å². The number of rotatable bonds is 3. The molecule has 2 fully saturated rings. The van der Waals surface area contributed by atoms with E-state index >= 15 is 0 Å². The Kier molecular flexibility index (Phi) is 6.46. The standard InChI is InChI=1S/C12H19N3O.C2H4O2/c13-7-11(8-5-6-8)15-12(16)9-3-1-2-4-10(9)14;1-2(3)4/h8-11H,1-6,14H2,(H,15,16);1H3,(H,3,4). The molecule has 0 aromatic carbocycles. The van der Waals surface area contributed by atoms with Crippen LogP contribution in [-0.4, -0.2) is 29.1 Å². The molecule has 4 N–H and O–H groups in total. The third-order valence-electron chi connectivity index (χ3n) is 3.69. The Morgan fingerprint density at radius 1 is 1.30 bits per heavy atom. The lowest BCUT2D eigenvalue weighted by Crippen LogP contribution is -2.47. The van der Waals surface area contributed by atoms with E-state index in [0.29, 0.717) is 5.92 Å². The average molecular weight is 281 g/mol. The number of hydrogen-bond acceptors (Lipinski definition) is 4. The molecule has 1 amide bonds. The summed E-state index contributed by atoms with van der Waals surface area (Å²) in [6, 6.07) is 1.86. The number of nitrogens with zero attached hydrogens (tertiary/aromatic N) is 1. The summed E-state index contributed by atoms with van der Waals surface area (Å²) in [6.07, 6.45) is 6.13. The molecule has 0 spiro atoms. The molecule has 112 valence electrons. The molecular formula is C14H23N3O3. The second kappa shape index (κ2) is 7.85.